The zero-order chi connectivity index (χ0) is 43.1. The fraction of sp³-hybridized carbons (Fsp3) is 0. The number of hydrogen-bond donors (Lipinski definition) is 0. The number of ether oxygens (including phenoxy) is 2. The van der Waals surface area contributed by atoms with Crippen molar-refractivity contribution in [1.82, 2.24) is 0 Å². The Labute approximate surface area is 369 Å². The standard InChI is InChI=1S/C58H38N2O4/c1-35(59(39-15-7-5-8-16-39)41-24-27-48-46-19-11-13-21-50(46)62-55(48)32-41)31-53-36(2)45-29-30-52-57(58(45)38(4)61-53)37(3)44-26-23-42(33-54(44)64-52)60(40-17-9-6-10-18-40)43-25-28-49-47-20-12-14-22-51(47)63-56(49)34-43/h5-34H,1-4H2/b53-31+. The van der Waals surface area contributed by atoms with E-state index in [1.165, 1.54) is 0 Å². The molecule has 64 heavy (non-hydrogen) atoms. The second kappa shape index (κ2) is 14.4. The van der Waals surface area contributed by atoms with Crippen molar-refractivity contribution in [3.63, 3.8) is 0 Å². The van der Waals surface area contributed by atoms with Gasteiger partial charge in [0.15, 0.2) is 0 Å². The minimum atomic E-state index is 0.467. The first-order valence-corrected chi connectivity index (χ1v) is 21.1. The van der Waals surface area contributed by atoms with E-state index in [4.69, 9.17) is 18.3 Å². The van der Waals surface area contributed by atoms with Gasteiger partial charge in [0, 0.05) is 102 Å². The molecular weight excluding hydrogens is 789 g/mol. The quantitative estimate of drug-likeness (QED) is 0.160. The summed E-state index contributed by atoms with van der Waals surface area (Å²) in [5.41, 5.74) is 13.6. The summed E-state index contributed by atoms with van der Waals surface area (Å²) in [5, 5.41) is 4.29. The number of fused-ring (bicyclic) bond motifs is 10. The molecule has 0 saturated carbocycles. The Kier molecular flexibility index (Phi) is 8.36. The Hall–Kier alpha value is -8.74. The number of hydrogen-bond acceptors (Lipinski definition) is 6. The largest absolute Gasteiger partial charge is 0.457 e. The molecule has 0 radical (unpaired) electrons. The molecule has 304 valence electrons. The Morgan fingerprint density at radius 3 is 1.66 bits per heavy atom. The molecule has 4 heterocycles. The van der Waals surface area contributed by atoms with Crippen molar-refractivity contribution >= 4 is 89.2 Å². The third-order valence-corrected chi connectivity index (χ3v) is 12.2. The summed E-state index contributed by atoms with van der Waals surface area (Å²) in [6.45, 7) is 18.2. The minimum absolute atomic E-state index is 0.467. The number of anilines is 5. The first kappa shape index (κ1) is 37.1. The van der Waals surface area contributed by atoms with Crippen molar-refractivity contribution in [1.29, 1.82) is 0 Å². The van der Waals surface area contributed by atoms with E-state index in [9.17, 15) is 0 Å². The predicted molar refractivity (Wildman–Crippen MR) is 262 cm³/mol. The van der Waals surface area contributed by atoms with Gasteiger partial charge >= 0.3 is 0 Å². The third kappa shape index (κ3) is 5.88. The molecule has 0 spiro atoms. The van der Waals surface area contributed by atoms with Gasteiger partial charge < -0.3 is 28.1 Å². The van der Waals surface area contributed by atoms with E-state index >= 15 is 0 Å². The molecule has 0 fully saturated rings. The van der Waals surface area contributed by atoms with Crippen LogP contribution in [0.3, 0.4) is 0 Å². The molecular formula is C58H38N2O4. The third-order valence-electron chi connectivity index (χ3n) is 12.2. The fourth-order valence-corrected chi connectivity index (χ4v) is 9.25. The average Bonchev–Trinajstić information content (AvgIpc) is 3.89. The first-order valence-electron chi connectivity index (χ1n) is 21.1. The smallest absolute Gasteiger partial charge is 0.137 e. The molecule has 0 unspecified atom stereocenters. The number of benzene rings is 8. The van der Waals surface area contributed by atoms with Crippen LogP contribution >= 0.6 is 0 Å². The maximum absolute atomic E-state index is 6.77. The second-order valence-corrected chi connectivity index (χ2v) is 16.0. The van der Waals surface area contributed by atoms with Crippen LogP contribution in [-0.4, -0.2) is 0 Å². The summed E-state index contributed by atoms with van der Waals surface area (Å²) in [7, 11) is 0. The Balaban J connectivity index is 0.878. The van der Waals surface area contributed by atoms with Crippen molar-refractivity contribution in [3.05, 3.63) is 242 Å². The molecule has 10 aromatic rings. The Bertz CT molecular complexity index is 3650. The van der Waals surface area contributed by atoms with E-state index in [2.05, 4.69) is 127 Å². The van der Waals surface area contributed by atoms with Crippen molar-refractivity contribution in [2.24, 2.45) is 0 Å². The van der Waals surface area contributed by atoms with Gasteiger partial charge in [-0.15, -0.1) is 0 Å². The maximum Gasteiger partial charge on any atom is 0.137 e. The van der Waals surface area contributed by atoms with Crippen LogP contribution in [0.1, 0.15) is 22.3 Å². The van der Waals surface area contributed by atoms with Crippen LogP contribution in [0.15, 0.2) is 229 Å². The van der Waals surface area contributed by atoms with Gasteiger partial charge in [0.05, 0.1) is 0 Å². The van der Waals surface area contributed by atoms with E-state index < -0.39 is 0 Å². The number of furan rings is 2. The molecule has 0 bridgehead atoms. The highest BCUT2D eigenvalue weighted by Crippen LogP contribution is 2.52. The van der Waals surface area contributed by atoms with Crippen LogP contribution in [0, 0.1) is 0 Å². The van der Waals surface area contributed by atoms with Gasteiger partial charge in [-0.2, -0.15) is 0 Å². The lowest BCUT2D eigenvalue weighted by Gasteiger charge is -2.32. The van der Waals surface area contributed by atoms with Gasteiger partial charge in [0.1, 0.15) is 45.3 Å². The Morgan fingerprint density at radius 1 is 0.422 bits per heavy atom. The van der Waals surface area contributed by atoms with Crippen LogP contribution in [0.2, 0.25) is 0 Å². The highest BCUT2D eigenvalue weighted by atomic mass is 16.5. The fourth-order valence-electron chi connectivity index (χ4n) is 9.25. The van der Waals surface area contributed by atoms with Crippen LogP contribution < -0.4 is 14.5 Å². The molecule has 0 atom stereocenters. The van der Waals surface area contributed by atoms with E-state index in [-0.39, 0.29) is 0 Å². The molecule has 0 N–H and O–H groups in total. The van der Waals surface area contributed by atoms with Gasteiger partial charge in [-0.25, -0.2) is 0 Å². The van der Waals surface area contributed by atoms with Crippen LogP contribution in [-0.2, 0) is 4.74 Å². The summed E-state index contributed by atoms with van der Waals surface area (Å²) in [5.74, 6) is 2.37. The summed E-state index contributed by atoms with van der Waals surface area (Å²) in [6.07, 6.45) is 1.92. The molecule has 2 aromatic heterocycles. The first-order chi connectivity index (χ1) is 31.4. The topological polar surface area (TPSA) is 51.2 Å². The average molecular weight is 827 g/mol. The van der Waals surface area contributed by atoms with E-state index in [0.29, 0.717) is 34.3 Å². The normalized spacial score (nSPS) is 13.8. The van der Waals surface area contributed by atoms with Crippen molar-refractivity contribution in [2.45, 2.75) is 0 Å². The van der Waals surface area contributed by atoms with Gasteiger partial charge in [0.2, 0.25) is 0 Å². The van der Waals surface area contributed by atoms with E-state index in [1.54, 1.807) is 0 Å². The lowest BCUT2D eigenvalue weighted by molar-refractivity contribution is 0.399. The number of allylic oxidation sites excluding steroid dienone is 2. The van der Waals surface area contributed by atoms with E-state index in [1.807, 2.05) is 91.0 Å². The zero-order valence-electron chi connectivity index (χ0n) is 34.7. The maximum atomic E-state index is 6.77. The molecule has 0 aliphatic carbocycles. The zero-order valence-corrected chi connectivity index (χ0v) is 34.7. The summed E-state index contributed by atoms with van der Waals surface area (Å²) < 4.78 is 25.9. The van der Waals surface area contributed by atoms with Gasteiger partial charge in [0.25, 0.3) is 0 Å². The van der Waals surface area contributed by atoms with Crippen LogP contribution in [0.4, 0.5) is 28.4 Å². The van der Waals surface area contributed by atoms with Gasteiger partial charge in [-0.05, 0) is 96.1 Å². The number of rotatable bonds is 7. The summed E-state index contributed by atoms with van der Waals surface area (Å²) in [4.78, 5) is 4.29. The molecule has 12 rings (SSSR count). The van der Waals surface area contributed by atoms with Crippen molar-refractivity contribution in [2.75, 3.05) is 9.80 Å². The molecule has 2 aliphatic heterocycles. The Morgan fingerprint density at radius 2 is 0.969 bits per heavy atom. The molecule has 0 amide bonds. The minimum Gasteiger partial charge on any atom is -0.457 e. The molecule has 6 nitrogen and oxygen atoms in total. The van der Waals surface area contributed by atoms with Gasteiger partial charge in [-0.1, -0.05) is 99.1 Å². The molecule has 2 aliphatic rings. The van der Waals surface area contributed by atoms with Crippen LogP contribution in [0.5, 0.6) is 11.5 Å². The highest BCUT2D eigenvalue weighted by molar-refractivity contribution is 6.07. The second-order valence-electron chi connectivity index (χ2n) is 16.0. The summed E-state index contributed by atoms with van der Waals surface area (Å²) >= 11 is 0. The highest BCUT2D eigenvalue weighted by Gasteiger charge is 2.32. The monoisotopic (exact) mass is 826 g/mol. The number of nitrogens with zero attached hydrogens (tertiary/aromatic N) is 2. The number of para-hydroxylation sites is 4. The lowest BCUT2D eigenvalue weighted by Crippen LogP contribution is -2.16. The molecule has 0 saturated heterocycles. The van der Waals surface area contributed by atoms with Crippen molar-refractivity contribution < 1.29 is 18.3 Å². The SMILES string of the molecule is C=C1/C(=C\C(=C)N(c2ccccc2)c2ccc3c(c2)oc2ccccc23)OC(=C)c2c1ccc1c2C(=C)c2ccc(N(c3ccccc3)c3ccc4c(c3)oc3ccccc34)cc2O1. The van der Waals surface area contributed by atoms with Crippen LogP contribution in [0.25, 0.3) is 60.8 Å². The molecule has 6 heteroatoms. The van der Waals surface area contributed by atoms with Crippen molar-refractivity contribution in [3.8, 4) is 11.5 Å². The predicted octanol–water partition coefficient (Wildman–Crippen LogP) is 16.4. The lowest BCUT2D eigenvalue weighted by atomic mass is 9.84. The van der Waals surface area contributed by atoms with Gasteiger partial charge in [-0.3, -0.25) is 0 Å². The molecule has 8 aromatic carbocycles. The summed E-state index contributed by atoms with van der Waals surface area (Å²) in [6, 6.07) is 59.5. The van der Waals surface area contributed by atoms with E-state index in [0.717, 1.165) is 100 Å².